The fourth-order valence-electron chi connectivity index (χ4n) is 1.91. The average Bonchev–Trinajstić information content (AvgIpc) is 3.07. The zero-order chi connectivity index (χ0) is 13.0. The van der Waals surface area contributed by atoms with Gasteiger partial charge < -0.3 is 10.4 Å². The van der Waals surface area contributed by atoms with Crippen molar-refractivity contribution in [3.8, 4) is 0 Å². The molecule has 5 heteroatoms. The lowest BCUT2D eigenvalue weighted by Crippen LogP contribution is -2.34. The summed E-state index contributed by atoms with van der Waals surface area (Å²) in [7, 11) is 0. The third kappa shape index (κ3) is 3.46. The Hall–Kier alpha value is -0.580. The Morgan fingerprint density at radius 1 is 1.44 bits per heavy atom. The van der Waals surface area contributed by atoms with Gasteiger partial charge in [0, 0.05) is 11.4 Å². The van der Waals surface area contributed by atoms with Crippen LogP contribution >= 0.6 is 22.9 Å². The molecule has 0 unspecified atom stereocenters. The number of thiophene rings is 1. The number of aryl methyl sites for hydroxylation is 1. The first-order valence-electron chi connectivity index (χ1n) is 6.30. The first kappa shape index (κ1) is 13.8. The lowest BCUT2D eigenvalue weighted by molar-refractivity contribution is -0.127. The monoisotopic (exact) mass is 287 g/mol. The molecule has 18 heavy (non-hydrogen) atoms. The van der Waals surface area contributed by atoms with Gasteiger partial charge in [-0.05, 0) is 44.2 Å². The minimum Gasteiger partial charge on any atom is -0.395 e. The van der Waals surface area contributed by atoms with Crippen LogP contribution in [-0.2, 0) is 11.2 Å². The van der Waals surface area contributed by atoms with Gasteiger partial charge in [0.25, 0.3) is 0 Å². The second-order valence-corrected chi connectivity index (χ2v) is 6.66. The summed E-state index contributed by atoms with van der Waals surface area (Å²) in [6, 6.07) is 3.97. The Kier molecular flexibility index (Phi) is 4.65. The van der Waals surface area contributed by atoms with Crippen LogP contribution in [0.15, 0.2) is 12.1 Å². The number of hydrogen-bond acceptors (Lipinski definition) is 3. The molecule has 0 aromatic carbocycles. The van der Waals surface area contributed by atoms with Crippen LogP contribution < -0.4 is 5.32 Å². The molecule has 0 spiro atoms. The Balaban J connectivity index is 1.58. The Bertz CT molecular complexity index is 415. The summed E-state index contributed by atoms with van der Waals surface area (Å²) in [6.07, 6.45) is 4.66. The van der Waals surface area contributed by atoms with Crippen molar-refractivity contribution in [2.45, 2.75) is 32.1 Å². The lowest BCUT2D eigenvalue weighted by Gasteiger charge is -2.11. The molecular formula is C13H18ClNO2S. The van der Waals surface area contributed by atoms with E-state index in [-0.39, 0.29) is 12.5 Å². The van der Waals surface area contributed by atoms with Gasteiger partial charge in [0.2, 0.25) is 5.91 Å². The molecule has 1 amide bonds. The Morgan fingerprint density at radius 2 is 2.22 bits per heavy atom. The van der Waals surface area contributed by atoms with Crippen molar-refractivity contribution in [3.63, 3.8) is 0 Å². The minimum atomic E-state index is -0.443. The number of aliphatic hydroxyl groups excluding tert-OH is 1. The molecule has 100 valence electrons. The van der Waals surface area contributed by atoms with Crippen molar-refractivity contribution in [1.29, 1.82) is 0 Å². The minimum absolute atomic E-state index is 0.0177. The molecular weight excluding hydrogens is 270 g/mol. The average molecular weight is 288 g/mol. The van der Waals surface area contributed by atoms with E-state index in [1.807, 2.05) is 6.07 Å². The molecule has 0 saturated heterocycles. The normalized spacial score (nSPS) is 16.6. The van der Waals surface area contributed by atoms with E-state index < -0.39 is 5.41 Å². The lowest BCUT2D eigenvalue weighted by atomic mass is 10.1. The van der Waals surface area contributed by atoms with E-state index in [1.165, 1.54) is 4.88 Å². The van der Waals surface area contributed by atoms with Gasteiger partial charge in [0.1, 0.15) is 0 Å². The molecule has 1 fully saturated rings. The maximum Gasteiger partial charge on any atom is 0.228 e. The van der Waals surface area contributed by atoms with Crippen LogP contribution in [0.2, 0.25) is 4.34 Å². The number of halogens is 1. The molecule has 0 aliphatic heterocycles. The summed E-state index contributed by atoms with van der Waals surface area (Å²) in [6.45, 7) is 0.673. The smallest absolute Gasteiger partial charge is 0.228 e. The molecule has 1 aromatic rings. The van der Waals surface area contributed by atoms with Gasteiger partial charge in [-0.1, -0.05) is 11.6 Å². The van der Waals surface area contributed by atoms with Crippen molar-refractivity contribution in [2.75, 3.05) is 13.2 Å². The first-order valence-corrected chi connectivity index (χ1v) is 7.49. The first-order chi connectivity index (χ1) is 8.66. The zero-order valence-corrected chi connectivity index (χ0v) is 11.8. The predicted molar refractivity (Wildman–Crippen MR) is 74.0 cm³/mol. The van der Waals surface area contributed by atoms with E-state index in [0.29, 0.717) is 6.54 Å². The highest BCUT2D eigenvalue weighted by molar-refractivity contribution is 7.16. The van der Waals surface area contributed by atoms with Gasteiger partial charge in [-0.15, -0.1) is 11.3 Å². The van der Waals surface area contributed by atoms with Crippen molar-refractivity contribution in [2.24, 2.45) is 5.41 Å². The predicted octanol–water partition coefficient (Wildman–Crippen LogP) is 2.61. The molecule has 3 nitrogen and oxygen atoms in total. The van der Waals surface area contributed by atoms with Gasteiger partial charge in [0.15, 0.2) is 0 Å². The van der Waals surface area contributed by atoms with E-state index in [2.05, 4.69) is 11.4 Å². The van der Waals surface area contributed by atoms with Gasteiger partial charge >= 0.3 is 0 Å². The number of carbonyl (C=O) groups excluding carboxylic acids is 1. The number of carbonyl (C=O) groups is 1. The third-order valence-electron chi connectivity index (χ3n) is 3.40. The standard InChI is InChI=1S/C13H18ClNO2S/c14-11-5-4-10(18-11)3-1-2-8-15-12(17)13(9-16)6-7-13/h4-5,16H,1-3,6-9H2,(H,15,17). The molecule has 1 aromatic heterocycles. The van der Waals surface area contributed by atoms with E-state index >= 15 is 0 Å². The van der Waals surface area contributed by atoms with Crippen molar-refractivity contribution >= 4 is 28.8 Å². The molecule has 0 bridgehead atoms. The van der Waals surface area contributed by atoms with Gasteiger partial charge in [-0.2, -0.15) is 0 Å². The van der Waals surface area contributed by atoms with Crippen molar-refractivity contribution in [3.05, 3.63) is 21.3 Å². The van der Waals surface area contributed by atoms with Gasteiger partial charge in [-0.3, -0.25) is 4.79 Å². The van der Waals surface area contributed by atoms with Crippen LogP contribution in [0.25, 0.3) is 0 Å². The topological polar surface area (TPSA) is 49.3 Å². The van der Waals surface area contributed by atoms with E-state index in [0.717, 1.165) is 36.4 Å². The molecule has 2 N–H and O–H groups in total. The SMILES string of the molecule is O=C(NCCCCc1ccc(Cl)s1)C1(CO)CC1. The van der Waals surface area contributed by atoms with E-state index in [9.17, 15) is 4.79 Å². The van der Waals surface area contributed by atoms with Crippen molar-refractivity contribution < 1.29 is 9.90 Å². The maximum atomic E-state index is 11.7. The second kappa shape index (κ2) is 6.04. The molecule has 1 aliphatic rings. The van der Waals surface area contributed by atoms with E-state index in [1.54, 1.807) is 11.3 Å². The highest BCUT2D eigenvalue weighted by Crippen LogP contribution is 2.45. The van der Waals surface area contributed by atoms with Crippen LogP contribution in [0, 0.1) is 5.41 Å². The molecule has 0 atom stereocenters. The second-order valence-electron chi connectivity index (χ2n) is 4.86. The maximum absolute atomic E-state index is 11.7. The van der Waals surface area contributed by atoms with Crippen LogP contribution in [0.1, 0.15) is 30.6 Å². The fraction of sp³-hybridized carbons (Fsp3) is 0.615. The summed E-state index contributed by atoms with van der Waals surface area (Å²) < 4.78 is 0.830. The highest BCUT2D eigenvalue weighted by Gasteiger charge is 2.48. The van der Waals surface area contributed by atoms with E-state index in [4.69, 9.17) is 16.7 Å². The summed E-state index contributed by atoms with van der Waals surface area (Å²) in [5.74, 6) is 0.0177. The summed E-state index contributed by atoms with van der Waals surface area (Å²) in [5, 5.41) is 12.0. The van der Waals surface area contributed by atoms with Gasteiger partial charge in [0.05, 0.1) is 16.4 Å². The summed E-state index contributed by atoms with van der Waals surface area (Å²) in [5.41, 5.74) is -0.443. The van der Waals surface area contributed by atoms with Gasteiger partial charge in [-0.25, -0.2) is 0 Å². The highest BCUT2D eigenvalue weighted by atomic mass is 35.5. The number of rotatable bonds is 7. The molecule has 1 heterocycles. The fourth-order valence-corrected chi connectivity index (χ4v) is 3.04. The number of unbranched alkanes of at least 4 members (excludes halogenated alkanes) is 1. The molecule has 2 rings (SSSR count). The molecule has 0 radical (unpaired) electrons. The third-order valence-corrected chi connectivity index (χ3v) is 4.69. The number of amides is 1. The van der Waals surface area contributed by atoms with Crippen LogP contribution in [-0.4, -0.2) is 24.2 Å². The molecule has 1 aliphatic carbocycles. The number of aliphatic hydroxyl groups is 1. The number of hydrogen-bond donors (Lipinski definition) is 2. The quantitative estimate of drug-likeness (QED) is 0.758. The van der Waals surface area contributed by atoms with Crippen LogP contribution in [0.5, 0.6) is 0 Å². The summed E-state index contributed by atoms with van der Waals surface area (Å²) in [4.78, 5) is 13.0. The Labute approximate surface area is 116 Å². The molecule has 1 saturated carbocycles. The summed E-state index contributed by atoms with van der Waals surface area (Å²) >= 11 is 7.47. The zero-order valence-electron chi connectivity index (χ0n) is 10.2. The number of nitrogens with one attached hydrogen (secondary N) is 1. The van der Waals surface area contributed by atoms with Crippen LogP contribution in [0.4, 0.5) is 0 Å². The van der Waals surface area contributed by atoms with Crippen molar-refractivity contribution in [1.82, 2.24) is 5.32 Å². The largest absolute Gasteiger partial charge is 0.395 e. The van der Waals surface area contributed by atoms with Crippen LogP contribution in [0.3, 0.4) is 0 Å². The Morgan fingerprint density at radius 3 is 2.78 bits per heavy atom.